The summed E-state index contributed by atoms with van der Waals surface area (Å²) in [5.41, 5.74) is 0.754. The molecule has 0 spiro atoms. The van der Waals surface area contributed by atoms with Gasteiger partial charge in [-0.2, -0.15) is 0 Å². The molecule has 1 saturated heterocycles. The van der Waals surface area contributed by atoms with E-state index in [0.717, 1.165) is 42.6 Å². The van der Waals surface area contributed by atoms with E-state index in [1.54, 1.807) is 6.07 Å². The van der Waals surface area contributed by atoms with Crippen LogP contribution in [-0.2, 0) is 0 Å². The number of halogens is 1. The lowest BCUT2D eigenvalue weighted by Crippen LogP contribution is -2.44. The Labute approximate surface area is 100 Å². The fourth-order valence-electron chi connectivity index (χ4n) is 2.44. The van der Waals surface area contributed by atoms with Crippen LogP contribution < -0.4 is 10.2 Å². The second kappa shape index (κ2) is 4.34. The highest BCUT2D eigenvalue weighted by atomic mass is 19.1. The van der Waals surface area contributed by atoms with Crippen LogP contribution >= 0.6 is 0 Å². The van der Waals surface area contributed by atoms with Crippen molar-refractivity contribution in [3.63, 3.8) is 0 Å². The predicted molar refractivity (Wildman–Crippen MR) is 69.0 cm³/mol. The maximum absolute atomic E-state index is 14.0. The Bertz CT molecular complexity index is 533. The van der Waals surface area contributed by atoms with Crippen molar-refractivity contribution in [2.24, 2.45) is 0 Å². The summed E-state index contributed by atoms with van der Waals surface area (Å²) >= 11 is 0. The van der Waals surface area contributed by atoms with E-state index >= 15 is 0 Å². The van der Waals surface area contributed by atoms with Crippen LogP contribution in [0.3, 0.4) is 0 Å². The quantitative estimate of drug-likeness (QED) is 0.809. The molecular formula is C14H15FN2. The fraction of sp³-hybridized carbons (Fsp3) is 0.286. The summed E-state index contributed by atoms with van der Waals surface area (Å²) in [5, 5.41) is 5.40. The number of benzene rings is 2. The number of nitrogens with one attached hydrogen (secondary N) is 1. The first kappa shape index (κ1) is 10.5. The number of hydrogen-bond donors (Lipinski definition) is 1. The third kappa shape index (κ3) is 1.87. The van der Waals surface area contributed by atoms with E-state index in [0.29, 0.717) is 0 Å². The van der Waals surface area contributed by atoms with Gasteiger partial charge in [0.15, 0.2) is 0 Å². The van der Waals surface area contributed by atoms with Gasteiger partial charge in [0.2, 0.25) is 0 Å². The van der Waals surface area contributed by atoms with Gasteiger partial charge in [-0.25, -0.2) is 4.39 Å². The standard InChI is InChI=1S/C14H15FN2/c15-13-6-5-11-3-1-2-4-12(11)14(13)17-9-7-16-8-10-17/h1-6,16H,7-10H2. The number of piperazine rings is 1. The SMILES string of the molecule is Fc1ccc2ccccc2c1N1CCNCC1. The molecule has 2 aromatic carbocycles. The molecule has 1 N–H and O–H groups in total. The van der Waals surface area contributed by atoms with Crippen LogP contribution in [0.25, 0.3) is 10.8 Å². The summed E-state index contributed by atoms with van der Waals surface area (Å²) in [6.45, 7) is 3.57. The minimum absolute atomic E-state index is 0.120. The van der Waals surface area contributed by atoms with Crippen LogP contribution in [0.4, 0.5) is 10.1 Å². The van der Waals surface area contributed by atoms with Crippen molar-refractivity contribution in [2.45, 2.75) is 0 Å². The van der Waals surface area contributed by atoms with Gasteiger partial charge in [0.25, 0.3) is 0 Å². The lowest BCUT2D eigenvalue weighted by atomic mass is 10.1. The normalized spacial score (nSPS) is 16.4. The van der Waals surface area contributed by atoms with E-state index in [2.05, 4.69) is 10.2 Å². The monoisotopic (exact) mass is 230 g/mol. The van der Waals surface area contributed by atoms with Crippen molar-refractivity contribution in [3.8, 4) is 0 Å². The first-order valence-corrected chi connectivity index (χ1v) is 5.99. The molecule has 0 aliphatic carbocycles. The van der Waals surface area contributed by atoms with Gasteiger partial charge in [0.05, 0.1) is 5.69 Å². The summed E-state index contributed by atoms with van der Waals surface area (Å²) in [7, 11) is 0. The minimum atomic E-state index is -0.120. The molecule has 1 heterocycles. The van der Waals surface area contributed by atoms with E-state index in [1.807, 2.05) is 30.3 Å². The average Bonchev–Trinajstić information content (AvgIpc) is 2.39. The molecule has 1 aliphatic rings. The first-order valence-electron chi connectivity index (χ1n) is 5.99. The second-order valence-electron chi connectivity index (χ2n) is 4.35. The zero-order chi connectivity index (χ0) is 11.7. The van der Waals surface area contributed by atoms with Crippen LogP contribution in [0.15, 0.2) is 36.4 Å². The topological polar surface area (TPSA) is 15.3 Å². The molecule has 0 radical (unpaired) electrons. The molecule has 0 unspecified atom stereocenters. The Morgan fingerprint density at radius 1 is 1.00 bits per heavy atom. The van der Waals surface area contributed by atoms with Crippen LogP contribution in [0, 0.1) is 5.82 Å². The molecule has 88 valence electrons. The second-order valence-corrected chi connectivity index (χ2v) is 4.35. The van der Waals surface area contributed by atoms with E-state index in [9.17, 15) is 4.39 Å². The highest BCUT2D eigenvalue weighted by Gasteiger charge is 2.16. The Morgan fingerprint density at radius 2 is 1.76 bits per heavy atom. The fourth-order valence-corrected chi connectivity index (χ4v) is 2.44. The van der Waals surface area contributed by atoms with Crippen LogP contribution in [0.2, 0.25) is 0 Å². The van der Waals surface area contributed by atoms with Gasteiger partial charge in [-0.05, 0) is 11.5 Å². The smallest absolute Gasteiger partial charge is 0.147 e. The summed E-state index contributed by atoms with van der Waals surface area (Å²) in [4.78, 5) is 2.13. The van der Waals surface area contributed by atoms with E-state index in [1.165, 1.54) is 0 Å². The van der Waals surface area contributed by atoms with Gasteiger partial charge in [-0.1, -0.05) is 30.3 Å². The number of hydrogen-bond acceptors (Lipinski definition) is 2. The van der Waals surface area contributed by atoms with Gasteiger partial charge in [0.1, 0.15) is 5.82 Å². The Balaban J connectivity index is 2.15. The molecule has 0 amide bonds. The Kier molecular flexibility index (Phi) is 2.69. The summed E-state index contributed by atoms with van der Waals surface area (Å²) in [5.74, 6) is -0.120. The molecule has 1 aliphatic heterocycles. The van der Waals surface area contributed by atoms with Crippen molar-refractivity contribution in [2.75, 3.05) is 31.1 Å². The number of nitrogens with zero attached hydrogens (tertiary/aromatic N) is 1. The minimum Gasteiger partial charge on any atom is -0.366 e. The number of anilines is 1. The first-order chi connectivity index (χ1) is 8.36. The lowest BCUT2D eigenvalue weighted by molar-refractivity contribution is 0.568. The van der Waals surface area contributed by atoms with Gasteiger partial charge in [-0.15, -0.1) is 0 Å². The third-order valence-corrected chi connectivity index (χ3v) is 3.28. The molecule has 1 fully saturated rings. The molecule has 0 atom stereocenters. The summed E-state index contributed by atoms with van der Waals surface area (Å²) in [6, 6.07) is 11.4. The van der Waals surface area contributed by atoms with Crippen molar-refractivity contribution in [1.29, 1.82) is 0 Å². The molecule has 0 aromatic heterocycles. The summed E-state index contributed by atoms with van der Waals surface area (Å²) < 4.78 is 14.0. The predicted octanol–water partition coefficient (Wildman–Crippen LogP) is 2.39. The number of rotatable bonds is 1. The van der Waals surface area contributed by atoms with Crippen LogP contribution in [0.1, 0.15) is 0 Å². The Hall–Kier alpha value is -1.61. The largest absolute Gasteiger partial charge is 0.366 e. The number of fused-ring (bicyclic) bond motifs is 1. The van der Waals surface area contributed by atoms with Gasteiger partial charge in [-0.3, -0.25) is 0 Å². The van der Waals surface area contributed by atoms with E-state index in [-0.39, 0.29) is 5.82 Å². The molecule has 3 heteroatoms. The summed E-state index contributed by atoms with van der Waals surface area (Å²) in [6.07, 6.45) is 0. The lowest BCUT2D eigenvalue weighted by Gasteiger charge is -2.30. The van der Waals surface area contributed by atoms with Gasteiger partial charge >= 0.3 is 0 Å². The zero-order valence-electron chi connectivity index (χ0n) is 9.62. The maximum Gasteiger partial charge on any atom is 0.147 e. The van der Waals surface area contributed by atoms with Crippen LogP contribution in [0.5, 0.6) is 0 Å². The zero-order valence-corrected chi connectivity index (χ0v) is 9.62. The van der Waals surface area contributed by atoms with Crippen molar-refractivity contribution < 1.29 is 4.39 Å². The van der Waals surface area contributed by atoms with Crippen molar-refractivity contribution in [3.05, 3.63) is 42.2 Å². The van der Waals surface area contributed by atoms with Gasteiger partial charge < -0.3 is 10.2 Å². The van der Waals surface area contributed by atoms with Gasteiger partial charge in [0, 0.05) is 31.6 Å². The van der Waals surface area contributed by atoms with E-state index in [4.69, 9.17) is 0 Å². The highest BCUT2D eigenvalue weighted by molar-refractivity contribution is 5.94. The molecule has 0 bridgehead atoms. The third-order valence-electron chi connectivity index (χ3n) is 3.28. The average molecular weight is 230 g/mol. The highest BCUT2D eigenvalue weighted by Crippen LogP contribution is 2.29. The van der Waals surface area contributed by atoms with E-state index < -0.39 is 0 Å². The molecule has 0 saturated carbocycles. The molecule has 17 heavy (non-hydrogen) atoms. The molecular weight excluding hydrogens is 215 g/mol. The molecule has 2 nitrogen and oxygen atoms in total. The molecule has 2 aromatic rings. The maximum atomic E-state index is 14.0. The van der Waals surface area contributed by atoms with Crippen LogP contribution in [-0.4, -0.2) is 26.2 Å². The van der Waals surface area contributed by atoms with Crippen molar-refractivity contribution >= 4 is 16.5 Å². The van der Waals surface area contributed by atoms with Crippen molar-refractivity contribution in [1.82, 2.24) is 5.32 Å². The Morgan fingerprint density at radius 3 is 2.59 bits per heavy atom. The molecule has 3 rings (SSSR count).